The standard InChI is InChI=1S/C35H27F3N4O4/c1-40(32(43)23-9-7-17-39-19-23)34(45)30-16-14-25-21-42(29-12-6-3-8-24(29)20-41(25)30)33(44)22-13-15-27(31(18-22)46-2)26-10-4-5-11-28(26)35(36,37)38/h3-19H,20-21H2,1-2H3. The van der Waals surface area contributed by atoms with Crippen LogP contribution < -0.4 is 9.64 Å². The minimum atomic E-state index is -4.58. The molecule has 1 aliphatic rings. The highest BCUT2D eigenvalue weighted by atomic mass is 19.4. The van der Waals surface area contributed by atoms with Crippen molar-refractivity contribution >= 4 is 23.4 Å². The van der Waals surface area contributed by atoms with Crippen LogP contribution in [0.2, 0.25) is 0 Å². The van der Waals surface area contributed by atoms with E-state index in [4.69, 9.17) is 4.74 Å². The topological polar surface area (TPSA) is 84.7 Å². The number of alkyl halides is 3. The number of anilines is 1. The lowest BCUT2D eigenvalue weighted by atomic mass is 9.97. The van der Waals surface area contributed by atoms with Gasteiger partial charge in [-0.15, -0.1) is 0 Å². The van der Waals surface area contributed by atoms with Gasteiger partial charge in [-0.05, 0) is 65.7 Å². The molecule has 2 aromatic heterocycles. The summed E-state index contributed by atoms with van der Waals surface area (Å²) in [4.78, 5) is 47.2. The number of amides is 3. The molecule has 232 valence electrons. The summed E-state index contributed by atoms with van der Waals surface area (Å²) in [5.41, 5.74) is 2.09. The number of carbonyl (C=O) groups is 3. The van der Waals surface area contributed by atoms with Crippen molar-refractivity contribution in [1.29, 1.82) is 0 Å². The lowest BCUT2D eigenvalue weighted by molar-refractivity contribution is -0.137. The Kier molecular flexibility index (Phi) is 7.91. The minimum absolute atomic E-state index is 0.0621. The van der Waals surface area contributed by atoms with Gasteiger partial charge in [0.1, 0.15) is 11.4 Å². The molecule has 1 aliphatic heterocycles. The number of aromatic nitrogens is 2. The first kappa shape index (κ1) is 30.3. The highest BCUT2D eigenvalue weighted by molar-refractivity contribution is 6.10. The summed E-state index contributed by atoms with van der Waals surface area (Å²) in [6, 6.07) is 23.4. The number of rotatable bonds is 5. The van der Waals surface area contributed by atoms with E-state index in [-0.39, 0.29) is 46.8 Å². The predicted molar refractivity (Wildman–Crippen MR) is 165 cm³/mol. The number of nitrogens with zero attached hydrogens (tertiary/aromatic N) is 4. The first-order valence-electron chi connectivity index (χ1n) is 14.2. The molecule has 3 aromatic carbocycles. The number of halogens is 3. The number of hydrogen-bond acceptors (Lipinski definition) is 5. The van der Waals surface area contributed by atoms with Crippen LogP contribution in [0.15, 0.2) is 103 Å². The van der Waals surface area contributed by atoms with Crippen molar-refractivity contribution in [3.63, 3.8) is 0 Å². The third kappa shape index (κ3) is 5.51. The van der Waals surface area contributed by atoms with Crippen LogP contribution in [0.3, 0.4) is 0 Å². The SMILES string of the molecule is COc1cc(C(=O)N2Cc3ccc(C(=O)N(C)C(=O)c4cccnc4)n3Cc3ccccc32)ccc1-c1ccccc1C(F)(F)F. The number of para-hydroxylation sites is 1. The maximum atomic E-state index is 14.1. The lowest BCUT2D eigenvalue weighted by Gasteiger charge is -2.23. The summed E-state index contributed by atoms with van der Waals surface area (Å²) in [7, 11) is 2.74. The van der Waals surface area contributed by atoms with Crippen LogP contribution in [0.1, 0.15) is 48.0 Å². The summed E-state index contributed by atoms with van der Waals surface area (Å²) in [6.45, 7) is 0.346. The van der Waals surface area contributed by atoms with E-state index >= 15 is 0 Å². The average Bonchev–Trinajstić information content (AvgIpc) is 3.39. The second-order valence-corrected chi connectivity index (χ2v) is 10.7. The van der Waals surface area contributed by atoms with E-state index in [1.807, 2.05) is 12.1 Å². The van der Waals surface area contributed by atoms with Crippen molar-refractivity contribution in [3.05, 3.63) is 137 Å². The maximum Gasteiger partial charge on any atom is 0.417 e. The van der Waals surface area contributed by atoms with Crippen LogP contribution in [-0.2, 0) is 19.3 Å². The molecule has 46 heavy (non-hydrogen) atoms. The Labute approximate surface area is 262 Å². The number of imide groups is 1. The fraction of sp³-hybridized carbons (Fsp3) is 0.143. The fourth-order valence-corrected chi connectivity index (χ4v) is 5.64. The lowest BCUT2D eigenvalue weighted by Crippen LogP contribution is -2.34. The molecule has 5 aromatic rings. The van der Waals surface area contributed by atoms with Crippen molar-refractivity contribution in [3.8, 4) is 16.9 Å². The number of pyridine rings is 1. The largest absolute Gasteiger partial charge is 0.496 e. The zero-order chi connectivity index (χ0) is 32.6. The van der Waals surface area contributed by atoms with Crippen molar-refractivity contribution in [2.75, 3.05) is 19.1 Å². The van der Waals surface area contributed by atoms with E-state index in [0.717, 1.165) is 16.5 Å². The van der Waals surface area contributed by atoms with Gasteiger partial charge >= 0.3 is 6.18 Å². The molecule has 3 heterocycles. The summed E-state index contributed by atoms with van der Waals surface area (Å²) >= 11 is 0. The number of hydrogen-bond donors (Lipinski definition) is 0. The predicted octanol–water partition coefficient (Wildman–Crippen LogP) is 6.70. The third-order valence-corrected chi connectivity index (χ3v) is 7.96. The van der Waals surface area contributed by atoms with Crippen LogP contribution in [0.5, 0.6) is 5.75 Å². The van der Waals surface area contributed by atoms with Gasteiger partial charge in [-0.25, -0.2) is 0 Å². The van der Waals surface area contributed by atoms with Crippen molar-refractivity contribution in [2.24, 2.45) is 0 Å². The van der Waals surface area contributed by atoms with Gasteiger partial charge in [0.05, 0.1) is 31.3 Å². The molecule has 0 spiro atoms. The zero-order valence-corrected chi connectivity index (χ0v) is 24.8. The van der Waals surface area contributed by atoms with E-state index in [1.165, 1.54) is 62.9 Å². The Morgan fingerprint density at radius 2 is 1.59 bits per heavy atom. The average molecular weight is 625 g/mol. The second-order valence-electron chi connectivity index (χ2n) is 10.7. The maximum absolute atomic E-state index is 14.1. The molecule has 0 saturated heterocycles. The van der Waals surface area contributed by atoms with E-state index < -0.39 is 29.5 Å². The Morgan fingerprint density at radius 1 is 0.826 bits per heavy atom. The molecule has 0 N–H and O–H groups in total. The Morgan fingerprint density at radius 3 is 2.33 bits per heavy atom. The van der Waals surface area contributed by atoms with Crippen LogP contribution in [0, 0.1) is 0 Å². The van der Waals surface area contributed by atoms with Gasteiger partial charge in [-0.3, -0.25) is 24.3 Å². The van der Waals surface area contributed by atoms with Crippen molar-refractivity contribution in [1.82, 2.24) is 14.5 Å². The second kappa shape index (κ2) is 12.0. The number of fused-ring (bicyclic) bond motifs is 2. The Bertz CT molecular complexity index is 1970. The van der Waals surface area contributed by atoms with E-state index in [9.17, 15) is 27.6 Å². The van der Waals surface area contributed by atoms with Gasteiger partial charge in [0.25, 0.3) is 17.7 Å². The van der Waals surface area contributed by atoms with E-state index in [2.05, 4.69) is 4.98 Å². The Hall–Kier alpha value is -5.71. The smallest absolute Gasteiger partial charge is 0.417 e. The molecular formula is C35H27F3N4O4. The van der Waals surface area contributed by atoms with Crippen LogP contribution >= 0.6 is 0 Å². The van der Waals surface area contributed by atoms with Crippen LogP contribution in [0.4, 0.5) is 18.9 Å². The highest BCUT2D eigenvalue weighted by Gasteiger charge is 2.34. The minimum Gasteiger partial charge on any atom is -0.496 e. The summed E-state index contributed by atoms with van der Waals surface area (Å²) in [5.74, 6) is -1.32. The normalized spacial score (nSPS) is 12.5. The van der Waals surface area contributed by atoms with Gasteiger partial charge in [-0.1, -0.05) is 36.4 Å². The van der Waals surface area contributed by atoms with Crippen LogP contribution in [-0.4, -0.2) is 46.3 Å². The molecule has 0 bridgehead atoms. The molecule has 8 nitrogen and oxygen atoms in total. The monoisotopic (exact) mass is 624 g/mol. The summed E-state index contributed by atoms with van der Waals surface area (Å²) < 4.78 is 48.6. The molecule has 0 radical (unpaired) electrons. The molecule has 0 fully saturated rings. The molecule has 0 unspecified atom stereocenters. The number of carbonyl (C=O) groups excluding carboxylic acids is 3. The highest BCUT2D eigenvalue weighted by Crippen LogP contribution is 2.41. The number of methoxy groups -OCH3 is 1. The molecule has 3 amide bonds. The molecule has 0 aliphatic carbocycles. The first-order chi connectivity index (χ1) is 22.1. The molecule has 6 rings (SSSR count). The van der Waals surface area contributed by atoms with Crippen LogP contribution in [0.25, 0.3) is 11.1 Å². The molecule has 0 saturated carbocycles. The summed E-state index contributed by atoms with van der Waals surface area (Å²) in [5, 5.41) is 0. The van der Waals surface area contributed by atoms with Gasteiger partial charge < -0.3 is 14.2 Å². The van der Waals surface area contributed by atoms with Crippen molar-refractivity contribution in [2.45, 2.75) is 19.3 Å². The van der Waals surface area contributed by atoms with Gasteiger partial charge in [-0.2, -0.15) is 13.2 Å². The van der Waals surface area contributed by atoms with Gasteiger partial charge in [0.15, 0.2) is 0 Å². The zero-order valence-electron chi connectivity index (χ0n) is 24.8. The number of benzene rings is 3. The third-order valence-electron chi connectivity index (χ3n) is 7.96. The van der Waals surface area contributed by atoms with Crippen molar-refractivity contribution < 1.29 is 32.3 Å². The van der Waals surface area contributed by atoms with E-state index in [1.54, 1.807) is 45.9 Å². The molecular weight excluding hydrogens is 597 g/mol. The summed E-state index contributed by atoms with van der Waals surface area (Å²) in [6.07, 6.45) is -1.66. The first-order valence-corrected chi connectivity index (χ1v) is 14.2. The quantitative estimate of drug-likeness (QED) is 0.203. The van der Waals surface area contributed by atoms with Gasteiger partial charge in [0, 0.05) is 41.9 Å². The Balaban J connectivity index is 1.35. The number of ether oxygens (including phenoxy) is 1. The fourth-order valence-electron chi connectivity index (χ4n) is 5.64. The van der Waals surface area contributed by atoms with E-state index in [0.29, 0.717) is 11.4 Å². The van der Waals surface area contributed by atoms with Gasteiger partial charge in [0.2, 0.25) is 0 Å². The molecule has 11 heteroatoms. The molecule has 0 atom stereocenters.